The maximum atomic E-state index is 5.68. The second-order valence-corrected chi connectivity index (χ2v) is 5.32. The number of nitrogens with zero attached hydrogens (tertiary/aromatic N) is 1. The zero-order valence-corrected chi connectivity index (χ0v) is 12.0. The van der Waals surface area contributed by atoms with Crippen LogP contribution in [0.1, 0.15) is 25.3 Å². The molecule has 0 aliphatic carbocycles. The largest absolute Gasteiger partial charge is 0.397 e. The van der Waals surface area contributed by atoms with Crippen LogP contribution in [0.4, 0.5) is 17.2 Å². The molecule has 0 atom stereocenters. The van der Waals surface area contributed by atoms with Gasteiger partial charge in [0.1, 0.15) is 5.82 Å². The van der Waals surface area contributed by atoms with E-state index in [1.807, 2.05) is 18.2 Å². The van der Waals surface area contributed by atoms with Crippen molar-refractivity contribution in [2.45, 2.75) is 19.8 Å². The number of hydrogen-bond donors (Lipinski definition) is 2. The molecule has 0 aliphatic heterocycles. The number of halogens is 1. The molecule has 0 bridgehead atoms. The summed E-state index contributed by atoms with van der Waals surface area (Å²) in [6.07, 6.45) is 1.64. The van der Waals surface area contributed by atoms with E-state index in [-0.39, 0.29) is 0 Å². The zero-order chi connectivity index (χ0) is 13.1. The summed E-state index contributed by atoms with van der Waals surface area (Å²) in [5, 5.41) is 3.34. The number of aromatic nitrogens is 1. The normalized spacial score (nSPS) is 10.7. The minimum atomic E-state index is 0.459. The summed E-state index contributed by atoms with van der Waals surface area (Å²) in [4.78, 5) is 4.29. The van der Waals surface area contributed by atoms with Gasteiger partial charge >= 0.3 is 0 Å². The van der Waals surface area contributed by atoms with Gasteiger partial charge in [0, 0.05) is 5.69 Å². The van der Waals surface area contributed by atoms with E-state index in [9.17, 15) is 0 Å². The van der Waals surface area contributed by atoms with Crippen molar-refractivity contribution in [3.05, 3.63) is 46.6 Å². The summed E-state index contributed by atoms with van der Waals surface area (Å²) in [6, 6.07) is 10.1. The summed E-state index contributed by atoms with van der Waals surface area (Å²) in [5.41, 5.74) is 8.66. The highest BCUT2D eigenvalue weighted by Crippen LogP contribution is 2.29. The fourth-order valence-corrected chi connectivity index (χ4v) is 2.25. The molecule has 3 N–H and O–H groups in total. The van der Waals surface area contributed by atoms with Gasteiger partial charge in [-0.1, -0.05) is 32.0 Å². The van der Waals surface area contributed by atoms with Crippen molar-refractivity contribution < 1.29 is 0 Å². The molecule has 2 aromatic rings. The lowest BCUT2D eigenvalue weighted by Gasteiger charge is -2.14. The molecular weight excluding hydrogens is 290 g/mol. The van der Waals surface area contributed by atoms with Crippen molar-refractivity contribution in [1.29, 1.82) is 0 Å². The molecule has 94 valence electrons. The van der Waals surface area contributed by atoms with Crippen LogP contribution in [0.3, 0.4) is 0 Å². The number of nitrogens with one attached hydrogen (secondary N) is 1. The standard InChI is InChI=1S/C14H16BrN3/c1-9(2)11-5-3-4-6-13(11)18-14-12(15)7-10(16)8-17-14/h3-9H,16H2,1-2H3,(H,17,18). The number of anilines is 3. The number of benzene rings is 1. The first-order valence-electron chi connectivity index (χ1n) is 5.85. The SMILES string of the molecule is CC(C)c1ccccc1Nc1ncc(N)cc1Br. The molecular formula is C14H16BrN3. The molecule has 1 aromatic heterocycles. The van der Waals surface area contributed by atoms with E-state index < -0.39 is 0 Å². The van der Waals surface area contributed by atoms with Crippen molar-refractivity contribution in [3.63, 3.8) is 0 Å². The van der Waals surface area contributed by atoms with Gasteiger partial charge in [0.15, 0.2) is 0 Å². The van der Waals surface area contributed by atoms with Crippen molar-refractivity contribution in [3.8, 4) is 0 Å². The first-order chi connectivity index (χ1) is 8.58. The van der Waals surface area contributed by atoms with Gasteiger partial charge in [-0.25, -0.2) is 4.98 Å². The number of nitrogens with two attached hydrogens (primary N) is 1. The number of hydrogen-bond acceptors (Lipinski definition) is 3. The lowest BCUT2D eigenvalue weighted by atomic mass is 10.0. The third kappa shape index (κ3) is 2.82. The van der Waals surface area contributed by atoms with Gasteiger partial charge in [-0.05, 0) is 39.5 Å². The van der Waals surface area contributed by atoms with Crippen molar-refractivity contribution in [2.24, 2.45) is 0 Å². The van der Waals surface area contributed by atoms with Crippen LogP contribution in [-0.4, -0.2) is 4.98 Å². The Balaban J connectivity index is 2.34. The van der Waals surface area contributed by atoms with Crippen LogP contribution >= 0.6 is 15.9 Å². The lowest BCUT2D eigenvalue weighted by molar-refractivity contribution is 0.869. The van der Waals surface area contributed by atoms with Crippen molar-refractivity contribution in [2.75, 3.05) is 11.1 Å². The average molecular weight is 306 g/mol. The van der Waals surface area contributed by atoms with E-state index in [4.69, 9.17) is 5.73 Å². The van der Waals surface area contributed by atoms with Crippen LogP contribution in [0.15, 0.2) is 41.0 Å². The summed E-state index contributed by atoms with van der Waals surface area (Å²) in [5.74, 6) is 1.23. The van der Waals surface area contributed by atoms with Crippen LogP contribution in [0.5, 0.6) is 0 Å². The Labute approximate surface area is 116 Å². The van der Waals surface area contributed by atoms with E-state index in [1.54, 1.807) is 6.20 Å². The highest BCUT2D eigenvalue weighted by atomic mass is 79.9. The van der Waals surface area contributed by atoms with Gasteiger partial charge in [0.25, 0.3) is 0 Å². The smallest absolute Gasteiger partial charge is 0.144 e. The topological polar surface area (TPSA) is 50.9 Å². The van der Waals surface area contributed by atoms with Crippen LogP contribution in [-0.2, 0) is 0 Å². The Kier molecular flexibility index (Phi) is 3.87. The molecule has 0 saturated carbocycles. The molecule has 0 radical (unpaired) electrons. The van der Waals surface area contributed by atoms with Crippen molar-refractivity contribution in [1.82, 2.24) is 4.98 Å². The maximum Gasteiger partial charge on any atom is 0.144 e. The quantitative estimate of drug-likeness (QED) is 0.889. The predicted molar refractivity (Wildman–Crippen MR) is 80.2 cm³/mol. The maximum absolute atomic E-state index is 5.68. The van der Waals surface area contributed by atoms with Gasteiger partial charge < -0.3 is 11.1 Å². The second-order valence-electron chi connectivity index (χ2n) is 4.47. The van der Waals surface area contributed by atoms with Crippen LogP contribution < -0.4 is 11.1 Å². The minimum absolute atomic E-state index is 0.459. The van der Waals surface area contributed by atoms with Gasteiger partial charge in [0.2, 0.25) is 0 Å². The third-order valence-electron chi connectivity index (χ3n) is 2.70. The molecule has 1 heterocycles. The molecule has 0 saturated heterocycles. The Bertz CT molecular complexity index is 552. The van der Waals surface area contributed by atoms with E-state index >= 15 is 0 Å². The Morgan fingerprint density at radius 1 is 1.28 bits per heavy atom. The molecule has 4 heteroatoms. The molecule has 18 heavy (non-hydrogen) atoms. The van der Waals surface area contributed by atoms with E-state index in [1.165, 1.54) is 5.56 Å². The van der Waals surface area contributed by atoms with E-state index in [0.717, 1.165) is 16.0 Å². The molecule has 0 amide bonds. The van der Waals surface area contributed by atoms with Crippen LogP contribution in [0, 0.1) is 0 Å². The molecule has 0 spiro atoms. The molecule has 1 aromatic carbocycles. The molecule has 0 aliphatic rings. The molecule has 3 nitrogen and oxygen atoms in total. The third-order valence-corrected chi connectivity index (χ3v) is 3.30. The van der Waals surface area contributed by atoms with E-state index in [2.05, 4.69) is 52.2 Å². The van der Waals surface area contributed by atoms with Gasteiger partial charge in [-0.15, -0.1) is 0 Å². The van der Waals surface area contributed by atoms with Crippen molar-refractivity contribution >= 4 is 33.1 Å². The number of para-hydroxylation sites is 1. The fourth-order valence-electron chi connectivity index (χ4n) is 1.79. The highest BCUT2D eigenvalue weighted by molar-refractivity contribution is 9.10. The number of pyridine rings is 1. The zero-order valence-electron chi connectivity index (χ0n) is 10.4. The van der Waals surface area contributed by atoms with Crippen LogP contribution in [0.2, 0.25) is 0 Å². The molecule has 2 rings (SSSR count). The second kappa shape index (κ2) is 5.40. The molecule has 0 fully saturated rings. The monoisotopic (exact) mass is 305 g/mol. The van der Waals surface area contributed by atoms with Gasteiger partial charge in [-0.2, -0.15) is 0 Å². The highest BCUT2D eigenvalue weighted by Gasteiger charge is 2.08. The number of nitrogen functional groups attached to an aromatic ring is 1. The summed E-state index contributed by atoms with van der Waals surface area (Å²) in [7, 11) is 0. The summed E-state index contributed by atoms with van der Waals surface area (Å²) < 4.78 is 0.862. The summed E-state index contributed by atoms with van der Waals surface area (Å²) in [6.45, 7) is 4.35. The van der Waals surface area contributed by atoms with Gasteiger partial charge in [-0.3, -0.25) is 0 Å². The summed E-state index contributed by atoms with van der Waals surface area (Å²) >= 11 is 3.46. The Morgan fingerprint density at radius 2 is 2.00 bits per heavy atom. The van der Waals surface area contributed by atoms with Gasteiger partial charge in [0.05, 0.1) is 16.4 Å². The first-order valence-corrected chi connectivity index (χ1v) is 6.64. The first kappa shape index (κ1) is 12.9. The predicted octanol–water partition coefficient (Wildman–Crippen LogP) is 4.29. The van der Waals surface area contributed by atoms with E-state index in [0.29, 0.717) is 11.6 Å². The number of rotatable bonds is 3. The average Bonchev–Trinajstić information content (AvgIpc) is 2.33. The molecule has 0 unspecified atom stereocenters. The Morgan fingerprint density at radius 3 is 2.67 bits per heavy atom. The Hall–Kier alpha value is -1.55. The van der Waals surface area contributed by atoms with Crippen LogP contribution in [0.25, 0.3) is 0 Å². The fraction of sp³-hybridized carbons (Fsp3) is 0.214. The lowest BCUT2D eigenvalue weighted by Crippen LogP contribution is -2.00. The minimum Gasteiger partial charge on any atom is -0.397 e.